The Labute approximate surface area is 129 Å². The second-order valence-corrected chi connectivity index (χ2v) is 6.17. The van der Waals surface area contributed by atoms with Gasteiger partial charge in [0.2, 0.25) is 0 Å². The molecule has 0 spiro atoms. The maximum absolute atomic E-state index is 6.17. The van der Waals surface area contributed by atoms with Crippen LogP contribution >= 0.6 is 11.6 Å². The highest BCUT2D eigenvalue weighted by molar-refractivity contribution is 6.30. The predicted molar refractivity (Wildman–Crippen MR) is 83.5 cm³/mol. The van der Waals surface area contributed by atoms with E-state index >= 15 is 0 Å². The van der Waals surface area contributed by atoms with E-state index in [1.54, 1.807) is 0 Å². The van der Waals surface area contributed by atoms with E-state index in [1.807, 2.05) is 24.5 Å². The molecule has 0 amide bonds. The molecule has 0 bridgehead atoms. The summed E-state index contributed by atoms with van der Waals surface area (Å²) >= 11 is 6.17. The van der Waals surface area contributed by atoms with Crippen LogP contribution in [0.3, 0.4) is 0 Å². The van der Waals surface area contributed by atoms with Crippen molar-refractivity contribution in [1.82, 2.24) is 4.98 Å². The van der Waals surface area contributed by atoms with E-state index in [4.69, 9.17) is 16.3 Å². The monoisotopic (exact) mass is 300 g/mol. The van der Waals surface area contributed by atoms with Gasteiger partial charge in [-0.15, -0.1) is 0 Å². The Bertz CT molecular complexity index is 646. The van der Waals surface area contributed by atoms with E-state index in [-0.39, 0.29) is 12.1 Å². The molecular formula is C17H17ClN2O. The minimum Gasteiger partial charge on any atom is -0.378 e. The van der Waals surface area contributed by atoms with Crippen molar-refractivity contribution in [2.45, 2.75) is 25.0 Å². The zero-order valence-corrected chi connectivity index (χ0v) is 12.4. The first kappa shape index (κ1) is 13.1. The maximum atomic E-state index is 6.17. The number of halogens is 1. The predicted octanol–water partition coefficient (Wildman–Crippen LogP) is 4.37. The molecule has 4 heteroatoms. The molecule has 1 fully saturated rings. The molecule has 0 unspecified atom stereocenters. The van der Waals surface area contributed by atoms with Crippen LogP contribution in [0.2, 0.25) is 5.02 Å². The van der Waals surface area contributed by atoms with Gasteiger partial charge in [-0.3, -0.25) is 4.98 Å². The largest absolute Gasteiger partial charge is 0.378 e. The fourth-order valence-electron chi connectivity index (χ4n) is 3.54. The van der Waals surface area contributed by atoms with Crippen LogP contribution in [-0.2, 0) is 4.74 Å². The number of nitrogens with one attached hydrogen (secondary N) is 1. The minimum absolute atomic E-state index is 0.131. The highest BCUT2D eigenvalue weighted by Crippen LogP contribution is 2.49. The van der Waals surface area contributed by atoms with Gasteiger partial charge in [-0.25, -0.2) is 0 Å². The first-order valence-electron chi connectivity index (χ1n) is 7.40. The van der Waals surface area contributed by atoms with Crippen molar-refractivity contribution in [3.05, 3.63) is 58.9 Å². The molecule has 1 N–H and O–H groups in total. The van der Waals surface area contributed by atoms with E-state index < -0.39 is 0 Å². The Morgan fingerprint density at radius 2 is 2.05 bits per heavy atom. The molecule has 2 aliphatic heterocycles. The van der Waals surface area contributed by atoms with Gasteiger partial charge < -0.3 is 10.1 Å². The quantitative estimate of drug-likeness (QED) is 0.849. The Hall–Kier alpha value is -1.58. The molecule has 0 aliphatic carbocycles. The topological polar surface area (TPSA) is 34.1 Å². The summed E-state index contributed by atoms with van der Waals surface area (Å²) in [7, 11) is 0. The number of hydrogen-bond donors (Lipinski definition) is 1. The summed E-state index contributed by atoms with van der Waals surface area (Å²) in [4.78, 5) is 4.12. The lowest BCUT2D eigenvalue weighted by molar-refractivity contribution is -0.0381. The van der Waals surface area contributed by atoms with Crippen molar-refractivity contribution in [1.29, 1.82) is 0 Å². The van der Waals surface area contributed by atoms with Gasteiger partial charge in [0.1, 0.15) is 0 Å². The molecule has 0 saturated carbocycles. The van der Waals surface area contributed by atoms with Crippen molar-refractivity contribution in [2.75, 3.05) is 11.9 Å². The van der Waals surface area contributed by atoms with Crippen LogP contribution in [0, 0.1) is 5.92 Å². The molecule has 21 heavy (non-hydrogen) atoms. The standard InChI is InChI=1S/C17H17ClN2O/c18-12-3-4-15-14(10-12)17-13(2-1-9-21-17)16(20-15)11-5-7-19-8-6-11/h3-8,10,13,16-17,20H,1-2,9H2/t13-,16+,17-/m0/s1. The molecule has 4 rings (SSSR count). The molecule has 3 nitrogen and oxygen atoms in total. The molecular weight excluding hydrogens is 284 g/mol. The lowest BCUT2D eigenvalue weighted by Crippen LogP contribution is -2.35. The zero-order valence-electron chi connectivity index (χ0n) is 11.6. The van der Waals surface area contributed by atoms with Gasteiger partial charge in [-0.05, 0) is 48.7 Å². The number of nitrogens with zero attached hydrogens (tertiary/aromatic N) is 1. The Balaban J connectivity index is 1.79. The highest BCUT2D eigenvalue weighted by Gasteiger charge is 2.39. The van der Waals surface area contributed by atoms with Crippen LogP contribution in [0.1, 0.15) is 36.1 Å². The molecule has 0 radical (unpaired) electrons. The van der Waals surface area contributed by atoms with Crippen LogP contribution < -0.4 is 5.32 Å². The minimum atomic E-state index is 0.131. The molecule has 2 aliphatic rings. The average molecular weight is 301 g/mol. The number of ether oxygens (including phenoxy) is 1. The molecule has 1 saturated heterocycles. The third-order valence-corrected chi connectivity index (χ3v) is 4.73. The summed E-state index contributed by atoms with van der Waals surface area (Å²) in [5.74, 6) is 0.437. The van der Waals surface area contributed by atoms with E-state index in [0.29, 0.717) is 5.92 Å². The normalized spacial score (nSPS) is 27.4. The van der Waals surface area contributed by atoms with Crippen LogP contribution in [0.4, 0.5) is 5.69 Å². The van der Waals surface area contributed by atoms with Gasteiger partial charge in [0.15, 0.2) is 0 Å². The average Bonchev–Trinajstić information content (AvgIpc) is 2.55. The Morgan fingerprint density at radius 3 is 2.90 bits per heavy atom. The maximum Gasteiger partial charge on any atom is 0.0896 e. The third-order valence-electron chi connectivity index (χ3n) is 4.49. The molecule has 3 heterocycles. The summed E-state index contributed by atoms with van der Waals surface area (Å²) < 4.78 is 6.10. The van der Waals surface area contributed by atoms with E-state index in [2.05, 4.69) is 28.5 Å². The van der Waals surface area contributed by atoms with Crippen molar-refractivity contribution >= 4 is 17.3 Å². The number of rotatable bonds is 1. The van der Waals surface area contributed by atoms with Crippen LogP contribution in [0.5, 0.6) is 0 Å². The highest BCUT2D eigenvalue weighted by atomic mass is 35.5. The second kappa shape index (κ2) is 5.32. The number of aromatic nitrogens is 1. The van der Waals surface area contributed by atoms with Crippen molar-refractivity contribution < 1.29 is 4.74 Å². The second-order valence-electron chi connectivity index (χ2n) is 5.73. The fraction of sp³-hybridized carbons (Fsp3) is 0.353. The first-order valence-corrected chi connectivity index (χ1v) is 7.78. The number of fused-ring (bicyclic) bond motifs is 3. The Kier molecular flexibility index (Phi) is 3.32. The van der Waals surface area contributed by atoms with E-state index in [9.17, 15) is 0 Å². The summed E-state index contributed by atoms with van der Waals surface area (Å²) in [6.45, 7) is 0.830. The van der Waals surface area contributed by atoms with Crippen LogP contribution in [0.15, 0.2) is 42.7 Å². The van der Waals surface area contributed by atoms with Gasteiger partial charge in [-0.2, -0.15) is 0 Å². The fourth-order valence-corrected chi connectivity index (χ4v) is 3.72. The summed E-state index contributed by atoms with van der Waals surface area (Å²) in [6.07, 6.45) is 6.11. The summed E-state index contributed by atoms with van der Waals surface area (Å²) in [6, 6.07) is 10.5. The number of pyridine rings is 1. The third kappa shape index (κ3) is 2.30. The lowest BCUT2D eigenvalue weighted by Gasteiger charge is -2.43. The molecule has 2 aromatic rings. The lowest BCUT2D eigenvalue weighted by atomic mass is 9.78. The SMILES string of the molecule is Clc1ccc2c(c1)[C@H]1OCCC[C@H]1[C@@H](c1ccncc1)N2. The smallest absolute Gasteiger partial charge is 0.0896 e. The van der Waals surface area contributed by atoms with Crippen LogP contribution in [-0.4, -0.2) is 11.6 Å². The van der Waals surface area contributed by atoms with Crippen molar-refractivity contribution in [3.63, 3.8) is 0 Å². The van der Waals surface area contributed by atoms with Crippen LogP contribution in [0.25, 0.3) is 0 Å². The van der Waals surface area contributed by atoms with Gasteiger partial charge in [0, 0.05) is 41.2 Å². The van der Waals surface area contributed by atoms with Crippen molar-refractivity contribution in [2.24, 2.45) is 5.92 Å². The summed E-state index contributed by atoms with van der Waals surface area (Å²) in [5, 5.41) is 4.44. The van der Waals surface area contributed by atoms with E-state index in [0.717, 1.165) is 30.2 Å². The van der Waals surface area contributed by atoms with Gasteiger partial charge >= 0.3 is 0 Å². The van der Waals surface area contributed by atoms with Gasteiger partial charge in [-0.1, -0.05) is 11.6 Å². The van der Waals surface area contributed by atoms with Gasteiger partial charge in [0.25, 0.3) is 0 Å². The van der Waals surface area contributed by atoms with E-state index in [1.165, 1.54) is 11.1 Å². The Morgan fingerprint density at radius 1 is 1.19 bits per heavy atom. The number of hydrogen-bond acceptors (Lipinski definition) is 3. The molecule has 3 atom stereocenters. The van der Waals surface area contributed by atoms with Crippen molar-refractivity contribution in [3.8, 4) is 0 Å². The number of benzene rings is 1. The molecule has 1 aromatic heterocycles. The molecule has 1 aromatic carbocycles. The first-order chi connectivity index (χ1) is 10.3. The molecule has 108 valence electrons. The summed E-state index contributed by atoms with van der Waals surface area (Å²) in [5.41, 5.74) is 3.59. The van der Waals surface area contributed by atoms with Gasteiger partial charge in [0.05, 0.1) is 12.1 Å². The number of anilines is 1. The zero-order chi connectivity index (χ0) is 14.2.